The molecule has 8 heteroatoms. The van der Waals surface area contributed by atoms with E-state index in [2.05, 4.69) is 36.2 Å². The van der Waals surface area contributed by atoms with Crippen molar-refractivity contribution in [2.45, 2.75) is 25.7 Å². The third-order valence-electron chi connectivity index (χ3n) is 6.85. The van der Waals surface area contributed by atoms with E-state index in [0.29, 0.717) is 25.1 Å². The molecule has 0 spiro atoms. The van der Waals surface area contributed by atoms with Crippen LogP contribution in [-0.4, -0.2) is 68.6 Å². The highest BCUT2D eigenvalue weighted by molar-refractivity contribution is 5.99. The normalized spacial score (nSPS) is 19.1. The molecule has 35 heavy (non-hydrogen) atoms. The van der Waals surface area contributed by atoms with Crippen LogP contribution in [0.4, 0.5) is 5.69 Å². The summed E-state index contributed by atoms with van der Waals surface area (Å²) in [5, 5.41) is 2.88. The van der Waals surface area contributed by atoms with Crippen LogP contribution >= 0.6 is 0 Å². The van der Waals surface area contributed by atoms with Gasteiger partial charge in [0.2, 0.25) is 11.8 Å². The number of carbonyl (C=O) groups excluding carboxylic acids is 3. The van der Waals surface area contributed by atoms with Crippen molar-refractivity contribution < 1.29 is 19.1 Å². The predicted molar refractivity (Wildman–Crippen MR) is 134 cm³/mol. The Labute approximate surface area is 206 Å². The Morgan fingerprint density at radius 2 is 1.77 bits per heavy atom. The molecule has 3 amide bonds. The zero-order valence-corrected chi connectivity index (χ0v) is 20.5. The number of primary amides is 1. The summed E-state index contributed by atoms with van der Waals surface area (Å²) < 4.78 is 5.46. The first-order valence-corrected chi connectivity index (χ1v) is 12.1. The maximum Gasteiger partial charge on any atom is 0.251 e. The number of hydrogen-bond donors (Lipinski definition) is 2. The molecule has 0 bridgehead atoms. The minimum absolute atomic E-state index is 0.0104. The van der Waals surface area contributed by atoms with Gasteiger partial charge in [0.05, 0.1) is 13.2 Å². The minimum atomic E-state index is -0.577. The van der Waals surface area contributed by atoms with Gasteiger partial charge in [-0.2, -0.15) is 0 Å². The number of morpholine rings is 1. The quantitative estimate of drug-likeness (QED) is 0.605. The number of benzene rings is 2. The molecule has 1 atom stereocenters. The second kappa shape index (κ2) is 10.6. The Kier molecular flexibility index (Phi) is 7.52. The Morgan fingerprint density at radius 1 is 1.09 bits per heavy atom. The minimum Gasteiger partial charge on any atom is -0.379 e. The molecule has 2 aliphatic heterocycles. The molecule has 0 saturated carbocycles. The van der Waals surface area contributed by atoms with Crippen LogP contribution in [-0.2, 0) is 14.9 Å². The van der Waals surface area contributed by atoms with Gasteiger partial charge in [-0.15, -0.1) is 0 Å². The summed E-state index contributed by atoms with van der Waals surface area (Å²) in [6, 6.07) is 14.6. The van der Waals surface area contributed by atoms with Gasteiger partial charge in [0.1, 0.15) is 0 Å². The summed E-state index contributed by atoms with van der Waals surface area (Å²) in [5.74, 6) is -0.790. The molecule has 2 saturated heterocycles. The van der Waals surface area contributed by atoms with Crippen LogP contribution in [0.3, 0.4) is 0 Å². The van der Waals surface area contributed by atoms with Crippen LogP contribution in [0.25, 0.3) is 0 Å². The molecule has 1 unspecified atom stereocenters. The van der Waals surface area contributed by atoms with Gasteiger partial charge in [0.25, 0.3) is 5.91 Å². The summed E-state index contributed by atoms with van der Waals surface area (Å²) in [7, 11) is 0. The van der Waals surface area contributed by atoms with Gasteiger partial charge in [0, 0.05) is 67.3 Å². The van der Waals surface area contributed by atoms with Crippen molar-refractivity contribution in [2.75, 3.05) is 50.8 Å². The Bertz CT molecular complexity index is 1080. The lowest BCUT2D eigenvalue weighted by Crippen LogP contribution is -2.43. The molecule has 0 aromatic heterocycles. The van der Waals surface area contributed by atoms with Gasteiger partial charge in [-0.3, -0.25) is 19.3 Å². The largest absolute Gasteiger partial charge is 0.379 e. The molecule has 0 radical (unpaired) electrons. The van der Waals surface area contributed by atoms with Gasteiger partial charge in [-0.1, -0.05) is 32.0 Å². The van der Waals surface area contributed by atoms with Crippen molar-refractivity contribution >= 4 is 23.4 Å². The van der Waals surface area contributed by atoms with Crippen LogP contribution < -0.4 is 16.0 Å². The van der Waals surface area contributed by atoms with Crippen LogP contribution in [0.2, 0.25) is 0 Å². The predicted octanol–water partition coefficient (Wildman–Crippen LogP) is 2.18. The van der Waals surface area contributed by atoms with Crippen LogP contribution in [0.1, 0.15) is 46.5 Å². The standard InChI is InChI=1S/C27H34N4O4/c1-27(2,18-30-10-12-35-13-11-30)22-6-8-23(9-7-22)31-17-19(14-24(31)32)16-29-26(34)21-5-3-4-20(15-21)25(28)33/h3-9,15,19H,10-14,16-18H2,1-2H3,(H2,28,33)(H,29,34). The average Bonchev–Trinajstić information content (AvgIpc) is 3.23. The molecule has 2 fully saturated rings. The van der Waals surface area contributed by atoms with Crippen molar-refractivity contribution in [1.82, 2.24) is 10.2 Å². The summed E-state index contributed by atoms with van der Waals surface area (Å²) in [5.41, 5.74) is 8.06. The number of hydrogen-bond acceptors (Lipinski definition) is 5. The van der Waals surface area contributed by atoms with Crippen molar-refractivity contribution in [3.05, 3.63) is 65.2 Å². The number of amides is 3. The maximum absolute atomic E-state index is 12.7. The van der Waals surface area contributed by atoms with Crippen molar-refractivity contribution in [2.24, 2.45) is 11.7 Å². The van der Waals surface area contributed by atoms with E-state index in [1.54, 1.807) is 23.1 Å². The molecule has 3 N–H and O–H groups in total. The van der Waals surface area contributed by atoms with Gasteiger partial charge < -0.3 is 20.7 Å². The summed E-state index contributed by atoms with van der Waals surface area (Å²) in [6.07, 6.45) is 0.381. The van der Waals surface area contributed by atoms with E-state index in [1.165, 1.54) is 11.6 Å². The van der Waals surface area contributed by atoms with E-state index in [4.69, 9.17) is 10.5 Å². The number of ether oxygens (including phenoxy) is 1. The fraction of sp³-hybridized carbons (Fsp3) is 0.444. The van der Waals surface area contributed by atoms with Gasteiger partial charge in [-0.25, -0.2) is 0 Å². The lowest BCUT2D eigenvalue weighted by molar-refractivity contribution is -0.117. The summed E-state index contributed by atoms with van der Waals surface area (Å²) >= 11 is 0. The van der Waals surface area contributed by atoms with E-state index in [1.807, 2.05) is 12.1 Å². The number of nitrogens with one attached hydrogen (secondary N) is 1. The SMILES string of the molecule is CC(C)(CN1CCOCC1)c1ccc(N2CC(CNC(=O)c3cccc(C(N)=O)c3)CC2=O)cc1. The van der Waals surface area contributed by atoms with Crippen molar-refractivity contribution in [1.29, 1.82) is 0 Å². The fourth-order valence-corrected chi connectivity index (χ4v) is 4.82. The molecular formula is C27H34N4O4. The first-order chi connectivity index (χ1) is 16.7. The van der Waals surface area contributed by atoms with E-state index in [9.17, 15) is 14.4 Å². The second-order valence-electron chi connectivity index (χ2n) is 10.0. The van der Waals surface area contributed by atoms with Crippen molar-refractivity contribution in [3.63, 3.8) is 0 Å². The van der Waals surface area contributed by atoms with Gasteiger partial charge >= 0.3 is 0 Å². The van der Waals surface area contributed by atoms with Crippen molar-refractivity contribution in [3.8, 4) is 0 Å². The molecule has 2 heterocycles. The van der Waals surface area contributed by atoms with Gasteiger partial charge in [0.15, 0.2) is 0 Å². The summed E-state index contributed by atoms with van der Waals surface area (Å²) in [6.45, 7) is 9.87. The molecule has 2 aliphatic rings. The van der Waals surface area contributed by atoms with Crippen LogP contribution in [0.5, 0.6) is 0 Å². The molecule has 2 aromatic carbocycles. The topological polar surface area (TPSA) is 105 Å². The number of anilines is 1. The highest BCUT2D eigenvalue weighted by Gasteiger charge is 2.31. The first kappa shape index (κ1) is 24.9. The molecule has 0 aliphatic carbocycles. The Hall–Kier alpha value is -3.23. The van der Waals surface area contributed by atoms with E-state index < -0.39 is 5.91 Å². The lowest BCUT2D eigenvalue weighted by atomic mass is 9.84. The van der Waals surface area contributed by atoms with Crippen LogP contribution in [0.15, 0.2) is 48.5 Å². The zero-order valence-electron chi connectivity index (χ0n) is 20.5. The van der Waals surface area contributed by atoms with Gasteiger partial charge in [-0.05, 0) is 35.9 Å². The smallest absolute Gasteiger partial charge is 0.251 e. The number of rotatable bonds is 8. The summed E-state index contributed by atoms with van der Waals surface area (Å²) in [4.78, 5) is 40.8. The maximum atomic E-state index is 12.7. The van der Waals surface area contributed by atoms with E-state index in [0.717, 1.165) is 38.5 Å². The average molecular weight is 479 g/mol. The third kappa shape index (κ3) is 6.07. The first-order valence-electron chi connectivity index (χ1n) is 12.1. The monoisotopic (exact) mass is 478 g/mol. The fourth-order valence-electron chi connectivity index (χ4n) is 4.82. The molecule has 2 aromatic rings. The molecular weight excluding hydrogens is 444 g/mol. The molecule has 8 nitrogen and oxygen atoms in total. The Balaban J connectivity index is 1.33. The highest BCUT2D eigenvalue weighted by Crippen LogP contribution is 2.30. The third-order valence-corrected chi connectivity index (χ3v) is 6.85. The van der Waals surface area contributed by atoms with E-state index in [-0.39, 0.29) is 28.7 Å². The number of nitrogens with zero attached hydrogens (tertiary/aromatic N) is 2. The number of nitrogens with two attached hydrogens (primary N) is 1. The zero-order chi connectivity index (χ0) is 25.0. The molecule has 4 rings (SSSR count). The second-order valence-corrected chi connectivity index (χ2v) is 10.0. The molecule has 186 valence electrons. The van der Waals surface area contributed by atoms with Crippen LogP contribution in [0, 0.1) is 5.92 Å². The highest BCUT2D eigenvalue weighted by atomic mass is 16.5. The van der Waals surface area contributed by atoms with E-state index >= 15 is 0 Å². The Morgan fingerprint density at radius 3 is 2.46 bits per heavy atom. The lowest BCUT2D eigenvalue weighted by Gasteiger charge is -2.35. The number of carbonyl (C=O) groups is 3.